The number of benzene rings is 1. The molecular formula is C26H25F2N5O3S. The van der Waals surface area contributed by atoms with E-state index in [0.717, 1.165) is 0 Å². The van der Waals surface area contributed by atoms with Gasteiger partial charge in [-0.25, -0.2) is 23.7 Å². The Bertz CT molecular complexity index is 1320. The topological polar surface area (TPSA) is 111 Å². The van der Waals surface area contributed by atoms with E-state index in [9.17, 15) is 14.0 Å². The van der Waals surface area contributed by atoms with Gasteiger partial charge < -0.3 is 15.4 Å². The number of Topliss-reactive ketones (excluding diaryl/α,β-unsaturated/α-hetero) is 1. The number of rotatable bonds is 9. The minimum absolute atomic E-state index is 0.0200. The second-order valence-electron chi connectivity index (χ2n) is 9.03. The summed E-state index contributed by atoms with van der Waals surface area (Å²) < 4.78 is 34.4. The lowest BCUT2D eigenvalue weighted by Crippen LogP contribution is -2.39. The van der Waals surface area contributed by atoms with E-state index >= 15 is 4.39 Å². The van der Waals surface area contributed by atoms with E-state index in [1.165, 1.54) is 53.3 Å². The van der Waals surface area contributed by atoms with Gasteiger partial charge in [0.05, 0.1) is 12.4 Å². The average Bonchev–Trinajstić information content (AvgIpc) is 3.61. The van der Waals surface area contributed by atoms with Crippen molar-refractivity contribution in [1.29, 1.82) is 0 Å². The van der Waals surface area contributed by atoms with Crippen LogP contribution in [0.5, 0.6) is 5.88 Å². The van der Waals surface area contributed by atoms with E-state index in [0.29, 0.717) is 12.0 Å². The fourth-order valence-electron chi connectivity index (χ4n) is 4.40. The largest absolute Gasteiger partial charge is 0.463 e. The molecular weight excluding hydrogens is 500 g/mol. The van der Waals surface area contributed by atoms with Crippen molar-refractivity contribution in [3.05, 3.63) is 65.4 Å². The zero-order valence-corrected chi connectivity index (χ0v) is 21.1. The highest BCUT2D eigenvalue weighted by Crippen LogP contribution is 2.66. The maximum absolute atomic E-state index is 15.2. The summed E-state index contributed by atoms with van der Waals surface area (Å²) >= 11 is 1.24. The second-order valence-corrected chi connectivity index (χ2v) is 10.4. The Hall–Kier alpha value is -3.78. The summed E-state index contributed by atoms with van der Waals surface area (Å²) in [5.41, 5.74) is 5.08. The number of halogens is 2. The standard InChI is InChI=1S/C26H25F2N5O3S/c1-4-9-36-22-14-30-19(13-31-22)20(34)11-16-5-6-18(28)17(10-16)26(15-27)21-12-25(21,37-24(29)32-26)8-7-23(35)33(2)3/h1,5-8,10,13-14,21H,9,11-12,15H2,2-3H3,(H2,29,32)/b8-7+/t21-,25+,26-/m1/s1. The molecule has 0 unspecified atom stereocenters. The minimum Gasteiger partial charge on any atom is -0.463 e. The Labute approximate surface area is 217 Å². The number of hydrogen-bond acceptors (Lipinski definition) is 8. The lowest BCUT2D eigenvalue weighted by atomic mass is 9.83. The third kappa shape index (κ3) is 5.20. The van der Waals surface area contributed by atoms with E-state index in [1.54, 1.807) is 20.2 Å². The Balaban J connectivity index is 1.60. The van der Waals surface area contributed by atoms with Crippen molar-refractivity contribution in [2.75, 3.05) is 27.4 Å². The SMILES string of the molecule is C#CCOc1cnc(C(=O)Cc2ccc(F)c([C@@]3(CF)N=C(N)S[C@@]4(/C=C/C(=O)N(C)C)C[C@H]43)c2)cn1. The van der Waals surface area contributed by atoms with Gasteiger partial charge in [0.1, 0.15) is 23.7 Å². The maximum Gasteiger partial charge on any atom is 0.245 e. The number of terminal acetylenes is 1. The predicted molar refractivity (Wildman–Crippen MR) is 136 cm³/mol. The number of thioether (sulfide) groups is 1. The van der Waals surface area contributed by atoms with Crippen molar-refractivity contribution < 1.29 is 23.1 Å². The number of aliphatic imine (C=N–C) groups is 1. The van der Waals surface area contributed by atoms with Crippen molar-refractivity contribution in [1.82, 2.24) is 14.9 Å². The molecule has 2 N–H and O–H groups in total. The first kappa shape index (κ1) is 26.3. The lowest BCUT2D eigenvalue weighted by Gasteiger charge is -2.34. The lowest BCUT2D eigenvalue weighted by molar-refractivity contribution is -0.123. The highest BCUT2D eigenvalue weighted by Gasteiger charge is 2.67. The molecule has 3 atom stereocenters. The van der Waals surface area contributed by atoms with E-state index in [-0.39, 0.29) is 47.0 Å². The van der Waals surface area contributed by atoms with Crippen LogP contribution in [0.1, 0.15) is 28.0 Å². The minimum atomic E-state index is -1.57. The smallest absolute Gasteiger partial charge is 0.245 e. The number of amides is 1. The van der Waals surface area contributed by atoms with Crippen LogP contribution < -0.4 is 10.5 Å². The van der Waals surface area contributed by atoms with Gasteiger partial charge in [0.15, 0.2) is 17.6 Å². The van der Waals surface area contributed by atoms with Gasteiger partial charge in [0.2, 0.25) is 11.8 Å². The van der Waals surface area contributed by atoms with Gasteiger partial charge in [-0.05, 0) is 24.1 Å². The molecule has 4 rings (SSSR count). The molecule has 0 spiro atoms. The van der Waals surface area contributed by atoms with Crippen LogP contribution >= 0.6 is 11.8 Å². The van der Waals surface area contributed by atoms with Crippen LogP contribution in [0.4, 0.5) is 8.78 Å². The van der Waals surface area contributed by atoms with E-state index in [1.807, 2.05) is 0 Å². The van der Waals surface area contributed by atoms with Crippen LogP contribution in [-0.2, 0) is 16.8 Å². The van der Waals surface area contributed by atoms with Gasteiger partial charge in [-0.3, -0.25) is 9.59 Å². The molecule has 2 aliphatic rings. The van der Waals surface area contributed by atoms with E-state index < -0.39 is 28.7 Å². The number of carbonyl (C=O) groups is 2. The summed E-state index contributed by atoms with van der Waals surface area (Å²) in [6.45, 7) is -0.971. The summed E-state index contributed by atoms with van der Waals surface area (Å²) in [6, 6.07) is 4.11. The molecule has 192 valence electrons. The Morgan fingerprint density at radius 1 is 1.35 bits per heavy atom. The van der Waals surface area contributed by atoms with Crippen LogP contribution in [-0.4, -0.2) is 63.8 Å². The summed E-state index contributed by atoms with van der Waals surface area (Å²) in [6.07, 6.45) is 11.2. The number of aromatic nitrogens is 2. The van der Waals surface area contributed by atoms with Crippen LogP contribution in [0.25, 0.3) is 0 Å². The molecule has 1 aromatic carbocycles. The van der Waals surface area contributed by atoms with Gasteiger partial charge in [-0.1, -0.05) is 29.8 Å². The fraction of sp³-hybridized carbons (Fsp3) is 0.346. The van der Waals surface area contributed by atoms with Crippen LogP contribution in [0.15, 0.2) is 47.7 Å². The highest BCUT2D eigenvalue weighted by molar-refractivity contribution is 8.15. The third-order valence-corrected chi connectivity index (χ3v) is 7.63. The summed E-state index contributed by atoms with van der Waals surface area (Å²) in [4.78, 5) is 38.7. The molecule has 1 saturated carbocycles. The normalized spacial score (nSPS) is 24.1. The number of ketones is 1. The Morgan fingerprint density at radius 3 is 2.78 bits per heavy atom. The number of carbonyl (C=O) groups excluding carboxylic acids is 2. The molecule has 8 nitrogen and oxygen atoms in total. The molecule has 0 bridgehead atoms. The molecule has 11 heteroatoms. The van der Waals surface area contributed by atoms with Crippen molar-refractivity contribution in [2.24, 2.45) is 16.6 Å². The number of amidine groups is 1. The first-order valence-electron chi connectivity index (χ1n) is 11.4. The zero-order valence-electron chi connectivity index (χ0n) is 20.3. The summed E-state index contributed by atoms with van der Waals surface area (Å²) in [5, 5.41) is 0.108. The molecule has 1 aliphatic heterocycles. The van der Waals surface area contributed by atoms with Crippen molar-refractivity contribution in [3.63, 3.8) is 0 Å². The average molecular weight is 526 g/mol. The van der Waals surface area contributed by atoms with Crippen LogP contribution in [0, 0.1) is 24.1 Å². The molecule has 1 aromatic heterocycles. The van der Waals surface area contributed by atoms with Crippen molar-refractivity contribution >= 4 is 28.6 Å². The summed E-state index contributed by atoms with van der Waals surface area (Å²) in [5.74, 6) is 0.827. The Kier molecular flexibility index (Phi) is 7.32. The molecule has 1 amide bonds. The van der Waals surface area contributed by atoms with E-state index in [2.05, 4.69) is 20.9 Å². The van der Waals surface area contributed by atoms with Gasteiger partial charge in [-0.15, -0.1) is 6.42 Å². The number of nitrogens with zero attached hydrogens (tertiary/aromatic N) is 4. The third-order valence-electron chi connectivity index (χ3n) is 6.37. The number of likely N-dealkylation sites (N-methyl/N-ethyl adjacent to an activating group) is 1. The van der Waals surface area contributed by atoms with Gasteiger partial charge >= 0.3 is 0 Å². The molecule has 2 aromatic rings. The van der Waals surface area contributed by atoms with E-state index in [4.69, 9.17) is 16.9 Å². The first-order chi connectivity index (χ1) is 17.6. The zero-order chi connectivity index (χ0) is 26.8. The second kappa shape index (κ2) is 10.3. The van der Waals surface area contributed by atoms with Gasteiger partial charge in [0.25, 0.3) is 0 Å². The number of fused-ring (bicyclic) bond motifs is 1. The number of hydrogen-bond donors (Lipinski definition) is 1. The molecule has 2 heterocycles. The van der Waals surface area contributed by atoms with Crippen LogP contribution in [0.3, 0.4) is 0 Å². The van der Waals surface area contributed by atoms with Crippen molar-refractivity contribution in [3.8, 4) is 18.2 Å². The molecule has 37 heavy (non-hydrogen) atoms. The van der Waals surface area contributed by atoms with Crippen molar-refractivity contribution in [2.45, 2.75) is 23.1 Å². The number of ether oxygens (including phenoxy) is 1. The molecule has 0 saturated heterocycles. The number of nitrogens with two attached hydrogens (primary N) is 1. The molecule has 1 fully saturated rings. The quantitative estimate of drug-likeness (QED) is 0.304. The summed E-state index contributed by atoms with van der Waals surface area (Å²) in [7, 11) is 3.25. The van der Waals surface area contributed by atoms with Gasteiger partial charge in [-0.2, -0.15) is 0 Å². The maximum atomic E-state index is 15.2. The highest BCUT2D eigenvalue weighted by atomic mass is 32.2. The Morgan fingerprint density at radius 2 is 2.14 bits per heavy atom. The monoisotopic (exact) mass is 525 g/mol. The number of alkyl halides is 1. The molecule has 1 aliphatic carbocycles. The van der Waals surface area contributed by atoms with Gasteiger partial charge in [0, 0.05) is 42.8 Å². The fourth-order valence-corrected chi connectivity index (χ4v) is 5.72. The van der Waals surface area contributed by atoms with Crippen LogP contribution in [0.2, 0.25) is 0 Å². The molecule has 0 radical (unpaired) electrons. The predicted octanol–water partition coefficient (Wildman–Crippen LogP) is 2.68. The first-order valence-corrected chi connectivity index (χ1v) is 12.2.